The molecule has 3 fully saturated rings. The van der Waals surface area contributed by atoms with E-state index in [1.807, 2.05) is 0 Å². The van der Waals surface area contributed by atoms with Gasteiger partial charge in [0.2, 0.25) is 0 Å². The molecule has 2 nitrogen and oxygen atoms in total. The van der Waals surface area contributed by atoms with Gasteiger partial charge in [-0.3, -0.25) is 4.79 Å². The molecule has 33 heavy (non-hydrogen) atoms. The summed E-state index contributed by atoms with van der Waals surface area (Å²) in [4.78, 5) is 12.1. The van der Waals surface area contributed by atoms with Crippen LogP contribution in [0.25, 0.3) is 0 Å². The molecule has 0 unspecified atom stereocenters. The number of alkyl halides is 1. The van der Waals surface area contributed by atoms with Gasteiger partial charge in [-0.1, -0.05) is 65.5 Å². The Morgan fingerprint density at radius 1 is 1.06 bits per heavy atom. The Bertz CT molecular complexity index is 742. The summed E-state index contributed by atoms with van der Waals surface area (Å²) in [6.07, 6.45) is 16.8. The molecule has 9 atom stereocenters. The van der Waals surface area contributed by atoms with E-state index in [0.29, 0.717) is 10.8 Å². The molecule has 0 aromatic heterocycles. The van der Waals surface area contributed by atoms with Gasteiger partial charge in [0.15, 0.2) is 0 Å². The van der Waals surface area contributed by atoms with E-state index in [1.54, 1.807) is 12.5 Å². The highest BCUT2D eigenvalue weighted by atomic mass is 35.5. The zero-order valence-corrected chi connectivity index (χ0v) is 22.9. The standard InChI is InChI=1S/C30H49ClO2/c1-19(2)8-7-9-20(3)25-12-13-26-24-11-10-22-18-23(33-28(32)21(4)31)14-16-29(22,5)27(24)15-17-30(25,26)6/h10,19-21,23-27H,7-9,11-18H2,1-6H3/t20-,21+,23+,24-,25+,26-,27-,29+,30-/m1/s1. The minimum Gasteiger partial charge on any atom is -0.461 e. The fraction of sp³-hybridized carbons (Fsp3) is 0.900. The van der Waals surface area contributed by atoms with Crippen molar-refractivity contribution in [2.75, 3.05) is 0 Å². The summed E-state index contributed by atoms with van der Waals surface area (Å²) in [5.74, 6) is 4.93. The van der Waals surface area contributed by atoms with Crippen molar-refractivity contribution in [3.63, 3.8) is 0 Å². The summed E-state index contributed by atoms with van der Waals surface area (Å²) < 4.78 is 5.74. The van der Waals surface area contributed by atoms with Crippen LogP contribution in [0.5, 0.6) is 0 Å². The number of halogens is 1. The maximum atomic E-state index is 12.1. The summed E-state index contributed by atoms with van der Waals surface area (Å²) in [6.45, 7) is 14.2. The van der Waals surface area contributed by atoms with Crippen LogP contribution in [0.4, 0.5) is 0 Å². The minimum absolute atomic E-state index is 0.0194. The molecule has 4 rings (SSSR count). The smallest absolute Gasteiger partial charge is 0.324 e. The van der Waals surface area contributed by atoms with Gasteiger partial charge in [-0.25, -0.2) is 0 Å². The van der Waals surface area contributed by atoms with Crippen LogP contribution < -0.4 is 0 Å². The number of hydrogen-bond acceptors (Lipinski definition) is 2. The molecule has 0 bridgehead atoms. The first-order chi connectivity index (χ1) is 15.6. The van der Waals surface area contributed by atoms with Gasteiger partial charge in [0.05, 0.1) is 0 Å². The summed E-state index contributed by atoms with van der Waals surface area (Å²) in [5, 5.41) is -0.554. The topological polar surface area (TPSA) is 26.3 Å². The molecule has 188 valence electrons. The maximum Gasteiger partial charge on any atom is 0.324 e. The Morgan fingerprint density at radius 2 is 1.82 bits per heavy atom. The van der Waals surface area contributed by atoms with Gasteiger partial charge in [0.1, 0.15) is 11.5 Å². The fourth-order valence-corrected chi connectivity index (χ4v) is 9.06. The third-order valence-corrected chi connectivity index (χ3v) is 11.0. The van der Waals surface area contributed by atoms with E-state index in [0.717, 1.165) is 54.8 Å². The Kier molecular flexibility index (Phi) is 7.65. The Morgan fingerprint density at radius 3 is 2.52 bits per heavy atom. The van der Waals surface area contributed by atoms with E-state index in [2.05, 4.69) is 40.7 Å². The number of hydrogen-bond donors (Lipinski definition) is 0. The molecule has 0 N–H and O–H groups in total. The summed E-state index contributed by atoms with van der Waals surface area (Å²) in [6, 6.07) is 0. The number of carbonyl (C=O) groups excluding carboxylic acids is 1. The number of ether oxygens (including phenoxy) is 1. The second-order valence-corrected chi connectivity index (χ2v) is 13.9. The average molecular weight is 477 g/mol. The van der Waals surface area contributed by atoms with E-state index >= 15 is 0 Å². The Hall–Kier alpha value is -0.500. The van der Waals surface area contributed by atoms with Gasteiger partial charge >= 0.3 is 5.97 Å². The van der Waals surface area contributed by atoms with E-state index < -0.39 is 5.38 Å². The van der Waals surface area contributed by atoms with E-state index in [1.165, 1.54) is 51.4 Å². The van der Waals surface area contributed by atoms with Gasteiger partial charge in [0.25, 0.3) is 0 Å². The van der Waals surface area contributed by atoms with Gasteiger partial charge < -0.3 is 4.74 Å². The number of allylic oxidation sites excluding steroid dienone is 1. The van der Waals surface area contributed by atoms with E-state index in [4.69, 9.17) is 16.3 Å². The second kappa shape index (κ2) is 9.87. The van der Waals surface area contributed by atoms with Crippen LogP contribution in [0.2, 0.25) is 0 Å². The quantitative estimate of drug-likeness (QED) is 0.209. The average Bonchev–Trinajstić information content (AvgIpc) is 3.11. The summed E-state index contributed by atoms with van der Waals surface area (Å²) in [7, 11) is 0. The molecule has 0 saturated heterocycles. The molecule has 0 aliphatic heterocycles. The molecule has 4 aliphatic carbocycles. The summed E-state index contributed by atoms with van der Waals surface area (Å²) in [5.41, 5.74) is 2.43. The molecule has 0 amide bonds. The second-order valence-electron chi connectivity index (χ2n) is 13.2. The van der Waals surface area contributed by atoms with Crippen molar-refractivity contribution in [2.24, 2.45) is 46.3 Å². The SMILES string of the molecule is CC(C)CCC[C@@H](C)[C@@H]1CC[C@@H]2[C@H]3CC=C4C[C@@H](OC(=O)[C@H](C)Cl)CC[C@]4(C)[C@@H]3CC[C@@]21C. The van der Waals surface area contributed by atoms with Crippen LogP contribution in [0.3, 0.4) is 0 Å². The van der Waals surface area contributed by atoms with Crippen LogP contribution >= 0.6 is 11.6 Å². The molecule has 4 aliphatic rings. The zero-order chi connectivity index (χ0) is 24.0. The van der Waals surface area contributed by atoms with Crippen molar-refractivity contribution in [3.8, 4) is 0 Å². The Labute approximate surface area is 208 Å². The van der Waals surface area contributed by atoms with Crippen molar-refractivity contribution >= 4 is 17.6 Å². The number of rotatable bonds is 7. The highest BCUT2D eigenvalue weighted by molar-refractivity contribution is 6.29. The predicted octanol–water partition coefficient (Wildman–Crippen LogP) is 8.57. The van der Waals surface area contributed by atoms with Crippen molar-refractivity contribution in [2.45, 2.75) is 124 Å². The molecule has 0 radical (unpaired) electrons. The first kappa shape index (κ1) is 25.6. The molecule has 0 spiro atoms. The van der Waals surface area contributed by atoms with E-state index in [9.17, 15) is 4.79 Å². The monoisotopic (exact) mass is 476 g/mol. The van der Waals surface area contributed by atoms with Gasteiger partial charge in [-0.05, 0) is 98.2 Å². The highest BCUT2D eigenvalue weighted by Gasteiger charge is 2.59. The van der Waals surface area contributed by atoms with Crippen LogP contribution in [-0.2, 0) is 9.53 Å². The zero-order valence-electron chi connectivity index (χ0n) is 22.2. The van der Waals surface area contributed by atoms with Crippen LogP contribution in [0, 0.1) is 46.3 Å². The molecule has 3 saturated carbocycles. The molecule has 3 heteroatoms. The van der Waals surface area contributed by atoms with Crippen LogP contribution in [0.15, 0.2) is 11.6 Å². The lowest BCUT2D eigenvalue weighted by atomic mass is 9.47. The number of carbonyl (C=O) groups is 1. The largest absolute Gasteiger partial charge is 0.461 e. The lowest BCUT2D eigenvalue weighted by Gasteiger charge is -2.58. The first-order valence-corrected chi connectivity index (χ1v) is 14.5. The molecular weight excluding hydrogens is 428 g/mol. The van der Waals surface area contributed by atoms with Crippen molar-refractivity contribution in [3.05, 3.63) is 11.6 Å². The van der Waals surface area contributed by atoms with Crippen LogP contribution in [-0.4, -0.2) is 17.5 Å². The van der Waals surface area contributed by atoms with Crippen LogP contribution in [0.1, 0.15) is 112 Å². The lowest BCUT2D eigenvalue weighted by molar-refractivity contribution is -0.150. The Balaban J connectivity index is 1.45. The predicted molar refractivity (Wildman–Crippen MR) is 138 cm³/mol. The number of fused-ring (bicyclic) bond motifs is 5. The molecule has 0 aromatic carbocycles. The minimum atomic E-state index is -0.554. The fourth-order valence-electron chi connectivity index (χ4n) is 9.01. The molecule has 0 aromatic rings. The van der Waals surface area contributed by atoms with Gasteiger partial charge in [-0.2, -0.15) is 0 Å². The van der Waals surface area contributed by atoms with Gasteiger partial charge in [0, 0.05) is 6.42 Å². The summed E-state index contributed by atoms with van der Waals surface area (Å²) >= 11 is 5.95. The molecular formula is C30H49ClO2. The third kappa shape index (κ3) is 4.81. The lowest BCUT2D eigenvalue weighted by Crippen LogP contribution is -2.51. The number of esters is 1. The van der Waals surface area contributed by atoms with Crippen molar-refractivity contribution < 1.29 is 9.53 Å². The maximum absolute atomic E-state index is 12.1. The normalized spacial score (nSPS) is 42.1. The molecule has 0 heterocycles. The van der Waals surface area contributed by atoms with E-state index in [-0.39, 0.29) is 12.1 Å². The van der Waals surface area contributed by atoms with Gasteiger partial charge in [-0.15, -0.1) is 11.6 Å². The van der Waals surface area contributed by atoms with Crippen molar-refractivity contribution in [1.29, 1.82) is 0 Å². The third-order valence-electron chi connectivity index (χ3n) is 10.9. The van der Waals surface area contributed by atoms with Crippen molar-refractivity contribution in [1.82, 2.24) is 0 Å². The highest BCUT2D eigenvalue weighted by Crippen LogP contribution is 2.67. The first-order valence-electron chi connectivity index (χ1n) is 14.1.